The molecule has 0 aliphatic carbocycles. The summed E-state index contributed by atoms with van der Waals surface area (Å²) in [6, 6.07) is 0. The van der Waals surface area contributed by atoms with Gasteiger partial charge in [-0.3, -0.25) is 14.4 Å². The van der Waals surface area contributed by atoms with Crippen molar-refractivity contribution in [3.63, 3.8) is 0 Å². The Morgan fingerprint density at radius 1 is 0.310 bits per heavy atom. The second-order valence-electron chi connectivity index (χ2n) is 19.6. The molecule has 0 bridgehead atoms. The van der Waals surface area contributed by atoms with Crippen LogP contribution in [0.5, 0.6) is 0 Å². The molecule has 6 heteroatoms. The number of hydrogen-bond acceptors (Lipinski definition) is 6. The number of ether oxygens (including phenoxy) is 3. The number of carbonyl (C=O) groups is 3. The summed E-state index contributed by atoms with van der Waals surface area (Å²) in [4.78, 5) is 38.2. The molecule has 0 aromatic heterocycles. The zero-order chi connectivity index (χ0) is 51.4. The SMILES string of the molecule is CC/C=C\C/C=C\C/C=C\C/C=C\CCCCCCCCC(=O)OCC(COC(=O)CCCCC/C=C\C=C/CCCCCCCCC)OC(=O)CCCCCCC/C=C\C=C/CCCCCCCCC. The highest BCUT2D eigenvalue weighted by molar-refractivity contribution is 5.71. The van der Waals surface area contributed by atoms with Gasteiger partial charge in [-0.15, -0.1) is 0 Å². The zero-order valence-electron chi connectivity index (χ0n) is 46.5. The minimum absolute atomic E-state index is 0.100. The molecule has 0 aliphatic rings. The van der Waals surface area contributed by atoms with Crippen molar-refractivity contribution in [3.8, 4) is 0 Å². The molecule has 0 saturated carbocycles. The summed E-state index contributed by atoms with van der Waals surface area (Å²) in [6.07, 6.45) is 78.2. The fraction of sp³-hybridized carbons (Fsp3) is 0.708. The van der Waals surface area contributed by atoms with Crippen molar-refractivity contribution in [1.29, 1.82) is 0 Å². The van der Waals surface area contributed by atoms with Gasteiger partial charge in [-0.25, -0.2) is 0 Å². The number of unbranched alkanes of at least 4 members (excludes halogenated alkanes) is 28. The first-order valence-corrected chi connectivity index (χ1v) is 29.8. The molecule has 0 aliphatic heterocycles. The summed E-state index contributed by atoms with van der Waals surface area (Å²) in [7, 11) is 0. The van der Waals surface area contributed by atoms with Crippen molar-refractivity contribution in [2.24, 2.45) is 0 Å². The lowest BCUT2D eigenvalue weighted by atomic mass is 10.1. The molecule has 0 rings (SSSR count). The summed E-state index contributed by atoms with van der Waals surface area (Å²) in [5, 5.41) is 0. The molecule has 1 unspecified atom stereocenters. The lowest BCUT2D eigenvalue weighted by molar-refractivity contribution is -0.167. The second kappa shape index (κ2) is 58.9. The maximum absolute atomic E-state index is 12.9. The van der Waals surface area contributed by atoms with Crippen LogP contribution in [0.3, 0.4) is 0 Å². The number of rotatable bonds is 53. The van der Waals surface area contributed by atoms with E-state index in [4.69, 9.17) is 14.2 Å². The van der Waals surface area contributed by atoms with E-state index in [0.29, 0.717) is 19.3 Å². The third-order valence-electron chi connectivity index (χ3n) is 12.6. The average Bonchev–Trinajstić information content (AvgIpc) is 3.37. The zero-order valence-corrected chi connectivity index (χ0v) is 46.5. The van der Waals surface area contributed by atoms with Crippen LogP contribution in [0.4, 0.5) is 0 Å². The van der Waals surface area contributed by atoms with Crippen molar-refractivity contribution in [3.05, 3.63) is 97.2 Å². The highest BCUT2D eigenvalue weighted by Crippen LogP contribution is 2.14. The molecule has 71 heavy (non-hydrogen) atoms. The van der Waals surface area contributed by atoms with Crippen molar-refractivity contribution >= 4 is 17.9 Å². The molecule has 0 aromatic carbocycles. The van der Waals surface area contributed by atoms with Crippen LogP contribution in [0.2, 0.25) is 0 Å². The van der Waals surface area contributed by atoms with Gasteiger partial charge in [0, 0.05) is 19.3 Å². The van der Waals surface area contributed by atoms with E-state index in [2.05, 4.69) is 118 Å². The minimum Gasteiger partial charge on any atom is -0.462 e. The molecular weight excluding hydrogens is 877 g/mol. The van der Waals surface area contributed by atoms with Gasteiger partial charge in [0.05, 0.1) is 0 Å². The summed E-state index contributed by atoms with van der Waals surface area (Å²) in [5.74, 6) is -0.950. The molecule has 0 spiro atoms. The van der Waals surface area contributed by atoms with Crippen molar-refractivity contribution in [2.45, 2.75) is 284 Å². The Morgan fingerprint density at radius 3 is 0.958 bits per heavy atom. The Labute approximate surface area is 438 Å². The standard InChI is InChI=1S/C65H110O6/c1-4-7-10-13-16-19-22-25-28-31-33-35-37-40-43-46-49-52-55-58-64(67)70-61-62(60-69-63(66)57-54-51-48-45-42-39-36-30-27-24-21-18-15-12-9-6-3)71-65(68)59-56-53-50-47-44-41-38-34-32-29-26-23-20-17-14-11-8-5-2/h7,10,16,19,25,28-30,32-36,38-39,42,62H,4-6,8-9,11-15,17-18,20-24,26-27,31,37,40-41,43-61H2,1-3H3/b10-7-,19-16-,28-25-,32-29-,35-33-,36-30-,38-34-,42-39-. The van der Waals surface area contributed by atoms with Crippen LogP contribution in [0.1, 0.15) is 278 Å². The summed E-state index contributed by atoms with van der Waals surface area (Å²) in [5.41, 5.74) is 0. The van der Waals surface area contributed by atoms with Gasteiger partial charge in [0.15, 0.2) is 6.10 Å². The van der Waals surface area contributed by atoms with E-state index in [9.17, 15) is 14.4 Å². The van der Waals surface area contributed by atoms with E-state index in [0.717, 1.165) is 128 Å². The van der Waals surface area contributed by atoms with Gasteiger partial charge in [0.25, 0.3) is 0 Å². The van der Waals surface area contributed by atoms with Gasteiger partial charge in [-0.05, 0) is 109 Å². The second-order valence-corrected chi connectivity index (χ2v) is 19.6. The van der Waals surface area contributed by atoms with Crippen molar-refractivity contribution < 1.29 is 28.6 Å². The first kappa shape index (κ1) is 67.3. The molecule has 0 fully saturated rings. The predicted molar refractivity (Wildman–Crippen MR) is 307 cm³/mol. The van der Waals surface area contributed by atoms with Crippen molar-refractivity contribution in [1.82, 2.24) is 0 Å². The summed E-state index contributed by atoms with van der Waals surface area (Å²) < 4.78 is 16.8. The fourth-order valence-corrected chi connectivity index (χ4v) is 8.12. The van der Waals surface area contributed by atoms with Crippen LogP contribution >= 0.6 is 0 Å². The third-order valence-corrected chi connectivity index (χ3v) is 12.6. The number of carbonyl (C=O) groups excluding carboxylic acids is 3. The first-order valence-electron chi connectivity index (χ1n) is 29.8. The minimum atomic E-state index is -0.805. The lowest BCUT2D eigenvalue weighted by Crippen LogP contribution is -2.30. The molecule has 0 heterocycles. The van der Waals surface area contributed by atoms with Crippen LogP contribution in [0.25, 0.3) is 0 Å². The quantitative estimate of drug-likeness (QED) is 0.0199. The van der Waals surface area contributed by atoms with E-state index in [1.807, 2.05) is 0 Å². The van der Waals surface area contributed by atoms with Gasteiger partial charge in [0.2, 0.25) is 0 Å². The van der Waals surface area contributed by atoms with Gasteiger partial charge < -0.3 is 14.2 Å². The van der Waals surface area contributed by atoms with Gasteiger partial charge in [-0.2, -0.15) is 0 Å². The van der Waals surface area contributed by atoms with Gasteiger partial charge in [-0.1, -0.05) is 246 Å². The van der Waals surface area contributed by atoms with Crippen molar-refractivity contribution in [2.75, 3.05) is 13.2 Å². The molecule has 0 aromatic rings. The Hall–Kier alpha value is -3.67. The normalized spacial score (nSPS) is 12.8. The van der Waals surface area contributed by atoms with Crippen LogP contribution < -0.4 is 0 Å². The average molecular weight is 988 g/mol. The van der Waals surface area contributed by atoms with Gasteiger partial charge in [0.1, 0.15) is 13.2 Å². The topological polar surface area (TPSA) is 78.9 Å². The Kier molecular flexibility index (Phi) is 55.9. The van der Waals surface area contributed by atoms with Crippen LogP contribution in [-0.2, 0) is 28.6 Å². The Morgan fingerprint density at radius 2 is 0.592 bits per heavy atom. The first-order chi connectivity index (χ1) is 35.0. The van der Waals surface area contributed by atoms with Crippen LogP contribution in [0.15, 0.2) is 97.2 Å². The molecular formula is C65H110O6. The number of allylic oxidation sites excluding steroid dienone is 16. The summed E-state index contributed by atoms with van der Waals surface area (Å²) in [6.45, 7) is 6.48. The highest BCUT2D eigenvalue weighted by atomic mass is 16.6. The molecule has 6 nitrogen and oxygen atoms in total. The smallest absolute Gasteiger partial charge is 0.306 e. The highest BCUT2D eigenvalue weighted by Gasteiger charge is 2.19. The molecule has 1 atom stereocenters. The van der Waals surface area contributed by atoms with E-state index in [1.54, 1.807) is 0 Å². The van der Waals surface area contributed by atoms with Crippen LogP contribution in [0, 0.1) is 0 Å². The molecule has 0 N–H and O–H groups in total. The van der Waals surface area contributed by atoms with Gasteiger partial charge >= 0.3 is 17.9 Å². The summed E-state index contributed by atoms with van der Waals surface area (Å²) >= 11 is 0. The maximum atomic E-state index is 12.9. The molecule has 0 saturated heterocycles. The number of hydrogen-bond donors (Lipinski definition) is 0. The maximum Gasteiger partial charge on any atom is 0.306 e. The van der Waals surface area contributed by atoms with E-state index >= 15 is 0 Å². The third kappa shape index (κ3) is 57.1. The fourth-order valence-electron chi connectivity index (χ4n) is 8.12. The monoisotopic (exact) mass is 987 g/mol. The van der Waals surface area contributed by atoms with E-state index in [1.165, 1.54) is 109 Å². The lowest BCUT2D eigenvalue weighted by Gasteiger charge is -2.18. The van der Waals surface area contributed by atoms with Crippen LogP contribution in [-0.4, -0.2) is 37.2 Å². The largest absolute Gasteiger partial charge is 0.462 e. The predicted octanol–water partition coefficient (Wildman–Crippen LogP) is 20.1. The molecule has 0 radical (unpaired) electrons. The Bertz CT molecular complexity index is 1410. The molecule has 406 valence electrons. The van der Waals surface area contributed by atoms with E-state index in [-0.39, 0.29) is 31.1 Å². The van der Waals surface area contributed by atoms with E-state index < -0.39 is 6.10 Å². The Balaban J connectivity index is 4.48. The number of esters is 3. The molecule has 0 amide bonds.